The van der Waals surface area contributed by atoms with E-state index in [1.54, 1.807) is 30.3 Å². The van der Waals surface area contributed by atoms with Crippen LogP contribution in [-0.4, -0.2) is 42.8 Å². The Balaban J connectivity index is 2.26. The van der Waals surface area contributed by atoms with Crippen molar-refractivity contribution < 1.29 is 18.0 Å². The molecule has 0 spiro atoms. The Hall–Kier alpha value is -1.47. The minimum absolute atomic E-state index is 0.0131. The van der Waals surface area contributed by atoms with Crippen molar-refractivity contribution in [3.63, 3.8) is 0 Å². The van der Waals surface area contributed by atoms with Crippen molar-refractivity contribution in [2.24, 2.45) is 5.73 Å². The highest BCUT2D eigenvalue weighted by Gasteiger charge is 2.49. The molecule has 0 bridgehead atoms. The summed E-state index contributed by atoms with van der Waals surface area (Å²) in [6.45, 7) is -1.12. The van der Waals surface area contributed by atoms with Crippen LogP contribution in [0.1, 0.15) is 5.56 Å². The Bertz CT molecular complexity index is 511. The van der Waals surface area contributed by atoms with Crippen molar-refractivity contribution in [2.75, 3.05) is 19.6 Å². The summed E-state index contributed by atoms with van der Waals surface area (Å²) in [5, 5.41) is 2.44. The van der Waals surface area contributed by atoms with Gasteiger partial charge in [0.05, 0.1) is 12.6 Å². The van der Waals surface area contributed by atoms with Gasteiger partial charge in [0.1, 0.15) is 4.87 Å². The van der Waals surface area contributed by atoms with Crippen molar-refractivity contribution in [2.45, 2.75) is 17.1 Å². The Morgan fingerprint density at radius 1 is 1.43 bits per heavy atom. The van der Waals surface area contributed by atoms with Crippen LogP contribution in [-0.2, 0) is 4.87 Å². The van der Waals surface area contributed by atoms with Crippen molar-refractivity contribution in [3.05, 3.63) is 35.9 Å². The van der Waals surface area contributed by atoms with Gasteiger partial charge in [-0.25, -0.2) is 4.79 Å². The Morgan fingerprint density at radius 3 is 2.57 bits per heavy atom. The van der Waals surface area contributed by atoms with Gasteiger partial charge in [0, 0.05) is 13.1 Å². The summed E-state index contributed by atoms with van der Waals surface area (Å²) in [6, 6.07) is 7.21. The monoisotopic (exact) mass is 321 g/mol. The van der Waals surface area contributed by atoms with Crippen molar-refractivity contribution in [3.8, 4) is 0 Å². The van der Waals surface area contributed by atoms with Crippen LogP contribution in [0.25, 0.3) is 0 Å². The largest absolute Gasteiger partial charge is 0.401 e. The summed E-state index contributed by atoms with van der Waals surface area (Å²) in [5.41, 5.74) is 5.74. The number of primary amides is 1. The highest BCUT2D eigenvalue weighted by molar-refractivity contribution is 6.25. The number of carbonyl (C=O) groups is 1. The lowest BCUT2D eigenvalue weighted by Gasteiger charge is -2.28. The number of amides is 2. The Morgan fingerprint density at radius 2 is 2.05 bits per heavy atom. The Labute approximate surface area is 125 Å². The average molecular weight is 322 g/mol. The number of hydrogen-bond donors (Lipinski definition) is 2. The summed E-state index contributed by atoms with van der Waals surface area (Å²) in [7, 11) is 0. The van der Waals surface area contributed by atoms with Gasteiger partial charge in [0.15, 0.2) is 0 Å². The fraction of sp³-hybridized carbons (Fsp3) is 0.462. The molecule has 1 aromatic carbocycles. The first kappa shape index (κ1) is 15.9. The number of alkyl halides is 4. The number of carbonyl (C=O) groups excluding carboxylic acids is 1. The molecular weight excluding hydrogens is 307 g/mol. The molecular formula is C13H15ClF3N3O. The molecule has 0 radical (unpaired) electrons. The molecule has 0 aliphatic carbocycles. The molecule has 1 heterocycles. The minimum atomic E-state index is -4.32. The molecule has 4 nitrogen and oxygen atoms in total. The van der Waals surface area contributed by atoms with Crippen LogP contribution in [0.2, 0.25) is 0 Å². The van der Waals surface area contributed by atoms with Gasteiger partial charge in [-0.1, -0.05) is 30.3 Å². The van der Waals surface area contributed by atoms with E-state index in [9.17, 15) is 18.0 Å². The first-order valence-electron chi connectivity index (χ1n) is 6.30. The number of rotatable bonds is 3. The third-order valence-electron chi connectivity index (χ3n) is 3.42. The third kappa shape index (κ3) is 3.79. The molecule has 0 unspecified atom stereocenters. The lowest BCUT2D eigenvalue weighted by Crippen LogP contribution is -2.48. The first-order chi connectivity index (χ1) is 9.71. The van der Waals surface area contributed by atoms with E-state index in [0.717, 1.165) is 0 Å². The molecule has 2 amide bonds. The van der Waals surface area contributed by atoms with Crippen molar-refractivity contribution in [1.29, 1.82) is 0 Å². The predicted molar refractivity (Wildman–Crippen MR) is 73.0 cm³/mol. The van der Waals surface area contributed by atoms with E-state index < -0.39 is 29.7 Å². The van der Waals surface area contributed by atoms with Crippen molar-refractivity contribution >= 4 is 17.6 Å². The molecule has 2 atom stereocenters. The molecule has 1 aromatic rings. The predicted octanol–water partition coefficient (Wildman–Crippen LogP) is 2.04. The summed E-state index contributed by atoms with van der Waals surface area (Å²) in [4.78, 5) is 11.1. The number of benzene rings is 1. The van der Waals surface area contributed by atoms with Crippen LogP contribution >= 0.6 is 11.6 Å². The number of urea groups is 1. The van der Waals surface area contributed by atoms with Crippen LogP contribution in [0, 0.1) is 0 Å². The van der Waals surface area contributed by atoms with Gasteiger partial charge in [0.2, 0.25) is 0 Å². The average Bonchev–Trinajstić information content (AvgIpc) is 2.65. The first-order valence-corrected chi connectivity index (χ1v) is 6.68. The molecule has 1 saturated heterocycles. The smallest absolute Gasteiger partial charge is 0.352 e. The van der Waals surface area contributed by atoms with E-state index in [1.807, 2.05) is 0 Å². The maximum absolute atomic E-state index is 12.6. The molecule has 3 N–H and O–H groups in total. The van der Waals surface area contributed by atoms with Crippen LogP contribution in [0.3, 0.4) is 0 Å². The summed E-state index contributed by atoms with van der Waals surface area (Å²) in [6.07, 6.45) is -4.32. The molecule has 1 aliphatic heterocycles. The summed E-state index contributed by atoms with van der Waals surface area (Å²) in [5.74, 6) is 0. The number of nitrogens with two attached hydrogens (primary N) is 1. The molecule has 116 valence electrons. The maximum Gasteiger partial charge on any atom is 0.401 e. The third-order valence-corrected chi connectivity index (χ3v) is 4.02. The van der Waals surface area contributed by atoms with Gasteiger partial charge in [-0.05, 0) is 5.56 Å². The quantitative estimate of drug-likeness (QED) is 0.837. The molecule has 1 aliphatic rings. The molecule has 2 rings (SSSR count). The highest BCUT2D eigenvalue weighted by Crippen LogP contribution is 2.39. The highest BCUT2D eigenvalue weighted by atomic mass is 35.5. The zero-order valence-electron chi connectivity index (χ0n) is 11.0. The van der Waals surface area contributed by atoms with Gasteiger partial charge in [-0.3, -0.25) is 4.90 Å². The lowest BCUT2D eigenvalue weighted by atomic mass is 9.93. The standard InChI is InChI=1S/C13H15ClF3N3O/c14-12(9-4-2-1-3-5-9)7-20(8-13(15,16)17)6-10(12)19-11(18)21/h1-5,10H,6-8H2,(H3,18,19,21)/t10-,12-/m1/s1. The van der Waals surface area contributed by atoms with Crippen LogP contribution < -0.4 is 11.1 Å². The molecule has 1 fully saturated rings. The molecule has 0 aromatic heterocycles. The fourth-order valence-corrected chi connectivity index (χ4v) is 3.04. The number of halogens is 4. The maximum atomic E-state index is 12.6. The zero-order chi connectivity index (χ0) is 15.7. The summed E-state index contributed by atoms with van der Waals surface area (Å²) >= 11 is 6.55. The summed E-state index contributed by atoms with van der Waals surface area (Å²) < 4.78 is 37.7. The lowest BCUT2D eigenvalue weighted by molar-refractivity contribution is -0.143. The van der Waals surface area contributed by atoms with E-state index in [-0.39, 0.29) is 13.1 Å². The number of hydrogen-bond acceptors (Lipinski definition) is 2. The van der Waals surface area contributed by atoms with E-state index in [1.165, 1.54) is 4.90 Å². The second kappa shape index (κ2) is 5.73. The van der Waals surface area contributed by atoms with Gasteiger partial charge in [0.25, 0.3) is 0 Å². The number of nitrogens with one attached hydrogen (secondary N) is 1. The van der Waals surface area contributed by atoms with E-state index >= 15 is 0 Å². The van der Waals surface area contributed by atoms with Gasteiger partial charge in [-0.15, -0.1) is 11.6 Å². The van der Waals surface area contributed by atoms with Crippen molar-refractivity contribution in [1.82, 2.24) is 10.2 Å². The fourth-order valence-electron chi connectivity index (χ4n) is 2.62. The van der Waals surface area contributed by atoms with E-state index in [4.69, 9.17) is 17.3 Å². The van der Waals surface area contributed by atoms with Crippen LogP contribution in [0.5, 0.6) is 0 Å². The number of nitrogens with zero attached hydrogens (tertiary/aromatic N) is 1. The Kier molecular flexibility index (Phi) is 4.34. The molecule has 21 heavy (non-hydrogen) atoms. The van der Waals surface area contributed by atoms with Gasteiger partial charge in [-0.2, -0.15) is 13.2 Å². The number of likely N-dealkylation sites (tertiary alicyclic amines) is 1. The minimum Gasteiger partial charge on any atom is -0.352 e. The molecule has 0 saturated carbocycles. The normalized spacial score (nSPS) is 26.8. The van der Waals surface area contributed by atoms with E-state index in [0.29, 0.717) is 5.56 Å². The molecule has 8 heteroatoms. The van der Waals surface area contributed by atoms with Gasteiger partial charge < -0.3 is 11.1 Å². The van der Waals surface area contributed by atoms with Crippen LogP contribution in [0.15, 0.2) is 30.3 Å². The SMILES string of the molecule is NC(=O)N[C@@H]1CN(CC(F)(F)F)C[C@@]1(Cl)c1ccccc1. The van der Waals surface area contributed by atoms with E-state index in [2.05, 4.69) is 5.32 Å². The van der Waals surface area contributed by atoms with Gasteiger partial charge >= 0.3 is 12.2 Å². The zero-order valence-corrected chi connectivity index (χ0v) is 11.8. The van der Waals surface area contributed by atoms with Crippen LogP contribution in [0.4, 0.5) is 18.0 Å². The topological polar surface area (TPSA) is 58.4 Å². The second-order valence-electron chi connectivity index (χ2n) is 5.07. The second-order valence-corrected chi connectivity index (χ2v) is 5.75.